The van der Waals surface area contributed by atoms with Crippen molar-refractivity contribution >= 4 is 6.21 Å². The molecule has 1 fully saturated rings. The van der Waals surface area contributed by atoms with Crippen LogP contribution in [0.1, 0.15) is 36.8 Å². The van der Waals surface area contributed by atoms with E-state index in [1.807, 2.05) is 18.3 Å². The summed E-state index contributed by atoms with van der Waals surface area (Å²) >= 11 is 0. The van der Waals surface area contributed by atoms with Crippen LogP contribution in [0.3, 0.4) is 0 Å². The molecule has 0 spiro atoms. The highest BCUT2D eigenvalue weighted by atomic mass is 16.6. The first-order valence-electron chi connectivity index (χ1n) is 6.06. The summed E-state index contributed by atoms with van der Waals surface area (Å²) in [6.07, 6.45) is 7.21. The zero-order chi connectivity index (χ0) is 11.2. The first-order valence-corrected chi connectivity index (χ1v) is 6.06. The second-order valence-corrected chi connectivity index (χ2v) is 4.50. The van der Waals surface area contributed by atoms with Gasteiger partial charge in [-0.15, -0.1) is 0 Å². The third-order valence-corrected chi connectivity index (χ3v) is 3.23. The van der Waals surface area contributed by atoms with Gasteiger partial charge in [-0.2, -0.15) is 0 Å². The van der Waals surface area contributed by atoms with E-state index >= 15 is 0 Å². The Morgan fingerprint density at radius 2 is 2.06 bits per heavy atom. The molecule has 1 aromatic rings. The zero-order valence-electron chi connectivity index (χ0n) is 9.86. The minimum atomic E-state index is 0.579. The van der Waals surface area contributed by atoms with Crippen molar-refractivity contribution in [2.75, 3.05) is 0 Å². The smallest absolute Gasteiger partial charge is 0.142 e. The quantitative estimate of drug-likeness (QED) is 0.557. The molecule has 0 atom stereocenters. The van der Waals surface area contributed by atoms with Crippen LogP contribution in [-0.4, -0.2) is 6.21 Å². The molecular formula is C14H19NO. The Balaban J connectivity index is 1.77. The lowest BCUT2D eigenvalue weighted by Gasteiger charge is -2.04. The molecule has 0 bridgehead atoms. The third-order valence-electron chi connectivity index (χ3n) is 3.23. The number of hydrogen-bond acceptors (Lipinski definition) is 2. The summed E-state index contributed by atoms with van der Waals surface area (Å²) < 4.78 is 0. The topological polar surface area (TPSA) is 21.6 Å². The number of rotatable bonds is 4. The van der Waals surface area contributed by atoms with Crippen molar-refractivity contribution in [3.8, 4) is 0 Å². The summed E-state index contributed by atoms with van der Waals surface area (Å²) in [5.74, 6) is 0.650. The maximum Gasteiger partial charge on any atom is 0.142 e. The molecule has 2 heteroatoms. The highest BCUT2D eigenvalue weighted by molar-refractivity contribution is 5.60. The fraction of sp³-hybridized carbons (Fsp3) is 0.500. The van der Waals surface area contributed by atoms with E-state index in [0.29, 0.717) is 12.5 Å². The van der Waals surface area contributed by atoms with Crippen LogP contribution in [0.2, 0.25) is 0 Å². The van der Waals surface area contributed by atoms with Gasteiger partial charge in [-0.1, -0.05) is 42.3 Å². The van der Waals surface area contributed by atoms with E-state index < -0.39 is 0 Å². The second kappa shape index (κ2) is 5.69. The van der Waals surface area contributed by atoms with Crippen molar-refractivity contribution < 1.29 is 4.84 Å². The van der Waals surface area contributed by atoms with Gasteiger partial charge in [0, 0.05) is 6.21 Å². The van der Waals surface area contributed by atoms with E-state index in [1.165, 1.54) is 36.8 Å². The molecule has 86 valence electrons. The highest BCUT2D eigenvalue weighted by Crippen LogP contribution is 2.22. The van der Waals surface area contributed by atoms with Gasteiger partial charge in [0.2, 0.25) is 0 Å². The van der Waals surface area contributed by atoms with Crippen LogP contribution in [0.15, 0.2) is 29.4 Å². The average molecular weight is 217 g/mol. The summed E-state index contributed by atoms with van der Waals surface area (Å²) in [7, 11) is 0. The van der Waals surface area contributed by atoms with Crippen molar-refractivity contribution in [2.45, 2.75) is 39.2 Å². The Hall–Kier alpha value is -1.31. The monoisotopic (exact) mass is 217 g/mol. The van der Waals surface area contributed by atoms with Gasteiger partial charge in [0.05, 0.1) is 0 Å². The fourth-order valence-corrected chi connectivity index (χ4v) is 2.11. The van der Waals surface area contributed by atoms with E-state index in [0.717, 1.165) is 0 Å². The van der Waals surface area contributed by atoms with E-state index in [4.69, 9.17) is 4.84 Å². The number of oxime groups is 1. The molecular weight excluding hydrogens is 198 g/mol. The minimum absolute atomic E-state index is 0.579. The maximum absolute atomic E-state index is 5.33. The van der Waals surface area contributed by atoms with Gasteiger partial charge in [-0.3, -0.25) is 0 Å². The standard InChI is InChI=1S/C14H19NO/c1-12-6-2-5-9-14(12)11-16-15-10-13-7-3-4-8-13/h2,5-6,9-10,13H,3-4,7-8,11H2,1H3. The molecule has 1 aliphatic carbocycles. The summed E-state index contributed by atoms with van der Waals surface area (Å²) in [6.45, 7) is 2.68. The molecule has 0 radical (unpaired) electrons. The van der Waals surface area contributed by atoms with E-state index in [1.54, 1.807) is 0 Å². The van der Waals surface area contributed by atoms with Gasteiger partial charge in [0.25, 0.3) is 0 Å². The van der Waals surface area contributed by atoms with Crippen molar-refractivity contribution in [1.29, 1.82) is 0 Å². The van der Waals surface area contributed by atoms with Gasteiger partial charge >= 0.3 is 0 Å². The van der Waals surface area contributed by atoms with E-state index in [-0.39, 0.29) is 0 Å². The van der Waals surface area contributed by atoms with Crippen molar-refractivity contribution in [1.82, 2.24) is 0 Å². The van der Waals surface area contributed by atoms with Crippen LogP contribution in [0.25, 0.3) is 0 Å². The Morgan fingerprint density at radius 1 is 1.31 bits per heavy atom. The molecule has 2 nitrogen and oxygen atoms in total. The van der Waals surface area contributed by atoms with Crippen LogP contribution in [-0.2, 0) is 11.4 Å². The summed E-state index contributed by atoms with van der Waals surface area (Å²) in [5, 5.41) is 4.06. The Morgan fingerprint density at radius 3 is 2.81 bits per heavy atom. The lowest BCUT2D eigenvalue weighted by molar-refractivity contribution is 0.130. The van der Waals surface area contributed by atoms with Crippen molar-refractivity contribution in [3.05, 3.63) is 35.4 Å². The summed E-state index contributed by atoms with van der Waals surface area (Å²) in [6, 6.07) is 8.26. The van der Waals surface area contributed by atoms with Crippen LogP contribution in [0.5, 0.6) is 0 Å². The molecule has 2 rings (SSSR count). The molecule has 0 saturated heterocycles. The Labute approximate surface area is 97.3 Å². The SMILES string of the molecule is Cc1ccccc1CON=CC1CCCC1. The Kier molecular flexibility index (Phi) is 3.97. The lowest BCUT2D eigenvalue weighted by atomic mass is 10.1. The molecule has 16 heavy (non-hydrogen) atoms. The van der Waals surface area contributed by atoms with E-state index in [9.17, 15) is 0 Å². The number of aryl methyl sites for hydroxylation is 1. The van der Waals surface area contributed by atoms with E-state index in [2.05, 4.69) is 24.2 Å². The second-order valence-electron chi connectivity index (χ2n) is 4.50. The third kappa shape index (κ3) is 3.09. The van der Waals surface area contributed by atoms with Crippen LogP contribution < -0.4 is 0 Å². The molecule has 0 heterocycles. The van der Waals surface area contributed by atoms with Gasteiger partial charge in [0.15, 0.2) is 0 Å². The predicted molar refractivity (Wildman–Crippen MR) is 66.4 cm³/mol. The van der Waals surface area contributed by atoms with Gasteiger partial charge < -0.3 is 4.84 Å². The van der Waals surface area contributed by atoms with Crippen molar-refractivity contribution in [3.63, 3.8) is 0 Å². The van der Waals surface area contributed by atoms with Gasteiger partial charge in [-0.25, -0.2) is 0 Å². The normalized spacial score (nSPS) is 17.1. The fourth-order valence-electron chi connectivity index (χ4n) is 2.11. The molecule has 0 aromatic heterocycles. The molecule has 1 saturated carbocycles. The predicted octanol–water partition coefficient (Wildman–Crippen LogP) is 3.69. The van der Waals surface area contributed by atoms with Gasteiger partial charge in [0.1, 0.15) is 6.61 Å². The van der Waals surface area contributed by atoms with Crippen LogP contribution in [0, 0.1) is 12.8 Å². The lowest BCUT2D eigenvalue weighted by Crippen LogP contribution is -1.96. The minimum Gasteiger partial charge on any atom is -0.391 e. The number of hydrogen-bond donors (Lipinski definition) is 0. The summed E-state index contributed by atoms with van der Waals surface area (Å²) in [5.41, 5.74) is 2.48. The zero-order valence-corrected chi connectivity index (χ0v) is 9.86. The Bertz CT molecular complexity index is 354. The highest BCUT2D eigenvalue weighted by Gasteiger charge is 2.12. The maximum atomic E-state index is 5.33. The molecule has 0 aliphatic heterocycles. The van der Waals surface area contributed by atoms with Crippen LogP contribution >= 0.6 is 0 Å². The molecule has 1 aromatic carbocycles. The molecule has 0 unspecified atom stereocenters. The summed E-state index contributed by atoms with van der Waals surface area (Å²) in [4.78, 5) is 5.33. The van der Waals surface area contributed by atoms with Gasteiger partial charge in [-0.05, 0) is 36.8 Å². The molecule has 1 aliphatic rings. The average Bonchev–Trinajstić information content (AvgIpc) is 2.79. The van der Waals surface area contributed by atoms with Crippen molar-refractivity contribution in [2.24, 2.45) is 11.1 Å². The first kappa shape index (κ1) is 11.2. The number of benzene rings is 1. The molecule has 0 amide bonds. The molecule has 0 N–H and O–H groups in total. The largest absolute Gasteiger partial charge is 0.391 e. The number of nitrogens with zero attached hydrogens (tertiary/aromatic N) is 1. The van der Waals surface area contributed by atoms with Crippen LogP contribution in [0.4, 0.5) is 0 Å². The first-order chi connectivity index (χ1) is 7.86.